The van der Waals surface area contributed by atoms with Crippen molar-refractivity contribution < 1.29 is 0 Å². The summed E-state index contributed by atoms with van der Waals surface area (Å²) >= 11 is 0. The van der Waals surface area contributed by atoms with Crippen LogP contribution in [-0.2, 0) is 0 Å². The Bertz CT molecular complexity index is 155. The Kier molecular flexibility index (Phi) is 5.21. The topological polar surface area (TPSA) is 15.3 Å². The van der Waals surface area contributed by atoms with Gasteiger partial charge in [0.25, 0.3) is 0 Å². The monoisotopic (exact) mass is 218 g/mol. The van der Waals surface area contributed by atoms with E-state index in [4.69, 9.17) is 0 Å². The van der Waals surface area contributed by atoms with Crippen LogP contribution >= 0.6 is 12.4 Å². The predicted molar refractivity (Wildman–Crippen MR) is 63.2 cm³/mol. The van der Waals surface area contributed by atoms with Gasteiger partial charge in [-0.15, -0.1) is 12.4 Å². The first kappa shape index (κ1) is 12.3. The van der Waals surface area contributed by atoms with Gasteiger partial charge in [0, 0.05) is 12.1 Å². The van der Waals surface area contributed by atoms with Crippen LogP contribution in [0.15, 0.2) is 0 Å². The number of rotatable bonds is 2. The third-order valence-corrected chi connectivity index (χ3v) is 3.71. The van der Waals surface area contributed by atoms with Crippen LogP contribution in [0.1, 0.15) is 38.5 Å². The van der Waals surface area contributed by atoms with Crippen molar-refractivity contribution in [2.45, 2.75) is 50.6 Å². The summed E-state index contributed by atoms with van der Waals surface area (Å²) in [5.41, 5.74) is 0. The average Bonchev–Trinajstić information content (AvgIpc) is 2.70. The minimum atomic E-state index is 0. The molecule has 0 aromatic carbocycles. The largest absolute Gasteiger partial charge is 0.315 e. The quantitative estimate of drug-likeness (QED) is 0.763. The highest BCUT2D eigenvalue weighted by Gasteiger charge is 2.30. The van der Waals surface area contributed by atoms with Crippen molar-refractivity contribution in [2.75, 3.05) is 20.1 Å². The lowest BCUT2D eigenvalue weighted by molar-refractivity contribution is 0.153. The summed E-state index contributed by atoms with van der Waals surface area (Å²) in [5, 5.41) is 3.49. The molecule has 1 N–H and O–H groups in total. The Hall–Kier alpha value is 0.210. The number of likely N-dealkylation sites (N-methyl/N-ethyl adjacent to an activating group) is 1. The summed E-state index contributed by atoms with van der Waals surface area (Å²) in [5.74, 6) is 0. The van der Waals surface area contributed by atoms with Gasteiger partial charge in [0.05, 0.1) is 0 Å². The van der Waals surface area contributed by atoms with E-state index < -0.39 is 0 Å². The van der Waals surface area contributed by atoms with Crippen molar-refractivity contribution in [3.8, 4) is 0 Å². The fraction of sp³-hybridized carbons (Fsp3) is 1.00. The van der Waals surface area contributed by atoms with Gasteiger partial charge in [0.1, 0.15) is 0 Å². The predicted octanol–water partition coefficient (Wildman–Crippen LogP) is 2.03. The van der Waals surface area contributed by atoms with E-state index in [0.29, 0.717) is 0 Å². The Morgan fingerprint density at radius 3 is 2.29 bits per heavy atom. The zero-order valence-corrected chi connectivity index (χ0v) is 9.98. The standard InChI is InChI=1S/C11H22N2.ClH/c1-12-10-6-2-3-7-11(10)13-8-4-5-9-13;/h10-12H,2-9H2,1H3;1H. The van der Waals surface area contributed by atoms with Gasteiger partial charge in [-0.25, -0.2) is 0 Å². The SMILES string of the molecule is CNC1CCCCC1N1CCCC1.Cl. The third kappa shape index (κ3) is 2.62. The second kappa shape index (κ2) is 5.94. The summed E-state index contributed by atoms with van der Waals surface area (Å²) in [6.07, 6.45) is 8.53. The fourth-order valence-corrected chi connectivity index (χ4v) is 2.96. The molecule has 14 heavy (non-hydrogen) atoms. The molecule has 1 aliphatic carbocycles. The van der Waals surface area contributed by atoms with Gasteiger partial charge >= 0.3 is 0 Å². The van der Waals surface area contributed by atoms with Gasteiger partial charge in [-0.05, 0) is 45.8 Å². The van der Waals surface area contributed by atoms with Crippen LogP contribution in [0.3, 0.4) is 0 Å². The van der Waals surface area contributed by atoms with Gasteiger partial charge in [-0.1, -0.05) is 12.8 Å². The van der Waals surface area contributed by atoms with Gasteiger partial charge in [0.15, 0.2) is 0 Å². The van der Waals surface area contributed by atoms with Crippen LogP contribution in [0.5, 0.6) is 0 Å². The first-order valence-corrected chi connectivity index (χ1v) is 5.83. The van der Waals surface area contributed by atoms with E-state index in [9.17, 15) is 0 Å². The Morgan fingerprint density at radius 2 is 1.64 bits per heavy atom. The molecular formula is C11H23ClN2. The Balaban J connectivity index is 0.000000980. The van der Waals surface area contributed by atoms with Crippen molar-refractivity contribution in [2.24, 2.45) is 0 Å². The normalized spacial score (nSPS) is 34.1. The molecule has 1 saturated heterocycles. The molecule has 0 amide bonds. The Labute approximate surface area is 93.8 Å². The third-order valence-electron chi connectivity index (χ3n) is 3.71. The summed E-state index contributed by atoms with van der Waals surface area (Å²) in [6.45, 7) is 2.70. The van der Waals surface area contributed by atoms with E-state index in [1.54, 1.807) is 0 Å². The van der Waals surface area contributed by atoms with Crippen molar-refractivity contribution >= 4 is 12.4 Å². The maximum absolute atomic E-state index is 3.49. The highest BCUT2D eigenvalue weighted by molar-refractivity contribution is 5.85. The zero-order valence-electron chi connectivity index (χ0n) is 9.17. The summed E-state index contributed by atoms with van der Waals surface area (Å²) in [6, 6.07) is 1.62. The summed E-state index contributed by atoms with van der Waals surface area (Å²) in [7, 11) is 2.12. The molecule has 2 rings (SSSR count). The molecule has 2 fully saturated rings. The molecule has 0 radical (unpaired) electrons. The number of hydrogen-bond donors (Lipinski definition) is 1. The maximum Gasteiger partial charge on any atom is 0.0249 e. The van der Waals surface area contributed by atoms with Crippen LogP contribution in [-0.4, -0.2) is 37.1 Å². The summed E-state index contributed by atoms with van der Waals surface area (Å²) in [4.78, 5) is 2.71. The minimum Gasteiger partial charge on any atom is -0.315 e. The molecule has 2 atom stereocenters. The van der Waals surface area contributed by atoms with E-state index in [2.05, 4.69) is 17.3 Å². The lowest BCUT2D eigenvalue weighted by Gasteiger charge is -2.37. The molecular weight excluding hydrogens is 196 g/mol. The first-order chi connectivity index (χ1) is 6.42. The van der Waals surface area contributed by atoms with E-state index >= 15 is 0 Å². The van der Waals surface area contributed by atoms with Crippen LogP contribution in [0, 0.1) is 0 Å². The number of hydrogen-bond acceptors (Lipinski definition) is 2. The van der Waals surface area contributed by atoms with Crippen molar-refractivity contribution in [1.82, 2.24) is 10.2 Å². The van der Waals surface area contributed by atoms with E-state index in [1.165, 1.54) is 51.6 Å². The number of likely N-dealkylation sites (tertiary alicyclic amines) is 1. The Morgan fingerprint density at radius 1 is 1.00 bits per heavy atom. The van der Waals surface area contributed by atoms with E-state index in [-0.39, 0.29) is 12.4 Å². The molecule has 1 heterocycles. The molecule has 0 spiro atoms. The maximum atomic E-state index is 3.49. The van der Waals surface area contributed by atoms with Crippen molar-refractivity contribution in [3.05, 3.63) is 0 Å². The van der Waals surface area contributed by atoms with Gasteiger partial charge in [-0.2, -0.15) is 0 Å². The molecule has 2 aliphatic rings. The van der Waals surface area contributed by atoms with E-state index in [1.807, 2.05) is 0 Å². The lowest BCUT2D eigenvalue weighted by Crippen LogP contribution is -2.49. The zero-order chi connectivity index (χ0) is 9.10. The van der Waals surface area contributed by atoms with E-state index in [0.717, 1.165) is 12.1 Å². The molecule has 3 heteroatoms. The lowest BCUT2D eigenvalue weighted by atomic mass is 9.89. The molecule has 0 aromatic heterocycles. The first-order valence-electron chi connectivity index (χ1n) is 5.83. The molecule has 1 saturated carbocycles. The number of nitrogens with zero attached hydrogens (tertiary/aromatic N) is 1. The molecule has 84 valence electrons. The van der Waals surface area contributed by atoms with Gasteiger partial charge in [0.2, 0.25) is 0 Å². The highest BCUT2D eigenvalue weighted by Crippen LogP contribution is 2.25. The van der Waals surface area contributed by atoms with Crippen molar-refractivity contribution in [3.63, 3.8) is 0 Å². The average molecular weight is 219 g/mol. The van der Waals surface area contributed by atoms with Gasteiger partial charge in [-0.3, -0.25) is 4.90 Å². The van der Waals surface area contributed by atoms with Crippen LogP contribution in [0.25, 0.3) is 0 Å². The molecule has 1 aliphatic heterocycles. The number of nitrogens with one attached hydrogen (secondary N) is 1. The second-order valence-corrected chi connectivity index (χ2v) is 4.49. The van der Waals surface area contributed by atoms with Crippen LogP contribution in [0.2, 0.25) is 0 Å². The van der Waals surface area contributed by atoms with Crippen LogP contribution in [0.4, 0.5) is 0 Å². The molecule has 0 aromatic rings. The fourth-order valence-electron chi connectivity index (χ4n) is 2.96. The van der Waals surface area contributed by atoms with Crippen LogP contribution < -0.4 is 5.32 Å². The molecule has 0 bridgehead atoms. The van der Waals surface area contributed by atoms with Crippen molar-refractivity contribution in [1.29, 1.82) is 0 Å². The number of halogens is 1. The van der Waals surface area contributed by atoms with Gasteiger partial charge < -0.3 is 5.32 Å². The molecule has 2 nitrogen and oxygen atoms in total. The second-order valence-electron chi connectivity index (χ2n) is 4.49. The molecule has 2 unspecified atom stereocenters. The summed E-state index contributed by atoms with van der Waals surface area (Å²) < 4.78 is 0. The smallest absolute Gasteiger partial charge is 0.0249 e. The minimum absolute atomic E-state index is 0. The highest BCUT2D eigenvalue weighted by atomic mass is 35.5.